The molecule has 0 spiro atoms. The van der Waals surface area contributed by atoms with Gasteiger partial charge in [0.05, 0.1) is 6.10 Å². The van der Waals surface area contributed by atoms with Crippen LogP contribution in [0.5, 0.6) is 5.75 Å². The average molecular weight is 294 g/mol. The van der Waals surface area contributed by atoms with Gasteiger partial charge in [-0.1, -0.05) is 18.2 Å². The lowest BCUT2D eigenvalue weighted by atomic mass is 10.1. The number of nitrogens with zero attached hydrogens (tertiary/aromatic N) is 1. The molecule has 6 heteroatoms. The molecule has 1 aromatic carbocycles. The van der Waals surface area contributed by atoms with Crippen molar-refractivity contribution in [3.8, 4) is 5.75 Å². The second-order valence-corrected chi connectivity index (χ2v) is 4.51. The van der Waals surface area contributed by atoms with Gasteiger partial charge in [-0.15, -0.1) is 0 Å². The minimum Gasteiger partial charge on any atom is -0.435 e. The molecule has 2 aromatic rings. The van der Waals surface area contributed by atoms with Crippen molar-refractivity contribution in [1.29, 1.82) is 0 Å². The quantitative estimate of drug-likeness (QED) is 0.859. The minimum absolute atomic E-state index is 0.0641. The summed E-state index contributed by atoms with van der Waals surface area (Å²) in [7, 11) is 0. The number of halogens is 2. The number of nitrogens with one attached hydrogen (secondary N) is 1. The molecule has 0 amide bonds. The topological polar surface area (TPSA) is 54.4 Å². The molecule has 1 atom stereocenters. The number of alkyl halides is 2. The molecular weight excluding hydrogens is 278 g/mol. The first kappa shape index (κ1) is 15.2. The van der Waals surface area contributed by atoms with Crippen molar-refractivity contribution in [2.45, 2.75) is 19.6 Å². The van der Waals surface area contributed by atoms with E-state index in [0.29, 0.717) is 11.4 Å². The summed E-state index contributed by atoms with van der Waals surface area (Å²) in [6.45, 7) is -0.704. The first-order valence-corrected chi connectivity index (χ1v) is 6.45. The summed E-state index contributed by atoms with van der Waals surface area (Å²) < 4.78 is 28.3. The molecule has 0 fully saturated rings. The second kappa shape index (κ2) is 6.99. The summed E-state index contributed by atoms with van der Waals surface area (Å²) >= 11 is 0. The van der Waals surface area contributed by atoms with E-state index in [4.69, 9.17) is 0 Å². The van der Waals surface area contributed by atoms with Crippen LogP contribution in [0.25, 0.3) is 0 Å². The van der Waals surface area contributed by atoms with Crippen molar-refractivity contribution in [2.75, 3.05) is 11.9 Å². The number of pyridine rings is 1. The highest BCUT2D eigenvalue weighted by atomic mass is 19.3. The van der Waals surface area contributed by atoms with E-state index < -0.39 is 12.7 Å². The highest BCUT2D eigenvalue weighted by Crippen LogP contribution is 2.19. The maximum atomic E-state index is 12.0. The SMILES string of the molecule is Cc1cccc(NCC(O)c2ccc(OC(F)F)cc2)n1. The van der Waals surface area contributed by atoms with Crippen molar-refractivity contribution in [3.05, 3.63) is 53.7 Å². The van der Waals surface area contributed by atoms with Crippen LogP contribution in [0, 0.1) is 6.92 Å². The van der Waals surface area contributed by atoms with Crippen molar-refractivity contribution in [3.63, 3.8) is 0 Å². The molecule has 1 unspecified atom stereocenters. The third kappa shape index (κ3) is 4.68. The normalized spacial score (nSPS) is 12.2. The Balaban J connectivity index is 1.92. The highest BCUT2D eigenvalue weighted by Gasteiger charge is 2.09. The van der Waals surface area contributed by atoms with Gasteiger partial charge in [-0.05, 0) is 36.8 Å². The van der Waals surface area contributed by atoms with Gasteiger partial charge in [0, 0.05) is 12.2 Å². The van der Waals surface area contributed by atoms with Crippen LogP contribution in [0.15, 0.2) is 42.5 Å². The molecule has 1 heterocycles. The highest BCUT2D eigenvalue weighted by molar-refractivity contribution is 5.36. The van der Waals surface area contributed by atoms with Crippen LogP contribution in [-0.2, 0) is 0 Å². The zero-order chi connectivity index (χ0) is 15.2. The van der Waals surface area contributed by atoms with Crippen LogP contribution in [0.1, 0.15) is 17.4 Å². The number of anilines is 1. The fourth-order valence-corrected chi connectivity index (χ4v) is 1.83. The molecule has 21 heavy (non-hydrogen) atoms. The number of aryl methyl sites for hydroxylation is 1. The van der Waals surface area contributed by atoms with Crippen LogP contribution in [0.2, 0.25) is 0 Å². The standard InChI is InChI=1S/C15H16F2N2O2/c1-10-3-2-4-14(19-10)18-9-13(20)11-5-7-12(8-6-11)21-15(16)17/h2-8,13,15,20H,9H2,1H3,(H,18,19). The number of rotatable bonds is 6. The van der Waals surface area contributed by atoms with Gasteiger partial charge in [0.1, 0.15) is 11.6 Å². The van der Waals surface area contributed by atoms with Crippen LogP contribution < -0.4 is 10.1 Å². The monoisotopic (exact) mass is 294 g/mol. The summed E-state index contributed by atoms with van der Waals surface area (Å²) in [5.41, 5.74) is 1.49. The summed E-state index contributed by atoms with van der Waals surface area (Å²) in [6.07, 6.45) is -0.770. The molecule has 2 N–H and O–H groups in total. The molecule has 0 bridgehead atoms. The van der Waals surface area contributed by atoms with Gasteiger partial charge in [0.15, 0.2) is 0 Å². The third-order valence-electron chi connectivity index (χ3n) is 2.85. The fraction of sp³-hybridized carbons (Fsp3) is 0.267. The van der Waals surface area contributed by atoms with E-state index in [1.807, 2.05) is 19.1 Å². The number of hydrogen-bond donors (Lipinski definition) is 2. The smallest absolute Gasteiger partial charge is 0.387 e. The first-order chi connectivity index (χ1) is 10.0. The Morgan fingerprint density at radius 2 is 1.90 bits per heavy atom. The van der Waals surface area contributed by atoms with Gasteiger partial charge in [-0.2, -0.15) is 8.78 Å². The Kier molecular flexibility index (Phi) is 5.05. The molecule has 0 saturated carbocycles. The predicted molar refractivity (Wildman–Crippen MR) is 75.5 cm³/mol. The van der Waals surface area contributed by atoms with Crippen molar-refractivity contribution >= 4 is 5.82 Å². The van der Waals surface area contributed by atoms with Crippen LogP contribution in [-0.4, -0.2) is 23.2 Å². The zero-order valence-electron chi connectivity index (χ0n) is 11.5. The summed E-state index contributed by atoms with van der Waals surface area (Å²) in [4.78, 5) is 4.26. The number of ether oxygens (including phenoxy) is 1. The fourth-order valence-electron chi connectivity index (χ4n) is 1.83. The van der Waals surface area contributed by atoms with Crippen molar-refractivity contribution < 1.29 is 18.6 Å². The van der Waals surface area contributed by atoms with Crippen LogP contribution in [0.3, 0.4) is 0 Å². The summed E-state index contributed by atoms with van der Waals surface area (Å²) in [5.74, 6) is 0.737. The maximum Gasteiger partial charge on any atom is 0.387 e. The van der Waals surface area contributed by atoms with E-state index in [0.717, 1.165) is 5.69 Å². The van der Waals surface area contributed by atoms with E-state index >= 15 is 0 Å². The molecule has 0 aliphatic heterocycles. The molecule has 0 radical (unpaired) electrons. The zero-order valence-corrected chi connectivity index (χ0v) is 11.5. The van der Waals surface area contributed by atoms with Crippen LogP contribution >= 0.6 is 0 Å². The predicted octanol–water partition coefficient (Wildman–Crippen LogP) is 3.14. The summed E-state index contributed by atoms with van der Waals surface area (Å²) in [5, 5.41) is 13.1. The molecule has 112 valence electrons. The van der Waals surface area contributed by atoms with Gasteiger partial charge >= 0.3 is 6.61 Å². The van der Waals surface area contributed by atoms with Crippen molar-refractivity contribution in [1.82, 2.24) is 4.98 Å². The Hall–Kier alpha value is -2.21. The molecule has 0 aliphatic rings. The molecular formula is C15H16F2N2O2. The van der Waals surface area contributed by atoms with Gasteiger partial charge in [-0.3, -0.25) is 0 Å². The molecule has 0 aliphatic carbocycles. The lowest BCUT2D eigenvalue weighted by Gasteiger charge is -2.13. The Labute approximate surface area is 121 Å². The van der Waals surface area contributed by atoms with Gasteiger partial charge in [0.25, 0.3) is 0 Å². The average Bonchev–Trinajstić information content (AvgIpc) is 2.45. The van der Waals surface area contributed by atoms with E-state index in [1.54, 1.807) is 18.2 Å². The first-order valence-electron chi connectivity index (χ1n) is 6.45. The number of benzene rings is 1. The lowest BCUT2D eigenvalue weighted by molar-refractivity contribution is -0.0498. The molecule has 1 aromatic heterocycles. The van der Waals surface area contributed by atoms with Gasteiger partial charge in [0.2, 0.25) is 0 Å². The van der Waals surface area contributed by atoms with E-state index in [2.05, 4.69) is 15.0 Å². The molecule has 2 rings (SSSR count). The van der Waals surface area contributed by atoms with E-state index in [1.165, 1.54) is 12.1 Å². The number of aromatic nitrogens is 1. The van der Waals surface area contributed by atoms with Crippen LogP contribution in [0.4, 0.5) is 14.6 Å². The molecule has 0 saturated heterocycles. The third-order valence-corrected chi connectivity index (χ3v) is 2.85. The van der Waals surface area contributed by atoms with Gasteiger partial charge < -0.3 is 15.2 Å². The number of hydrogen-bond acceptors (Lipinski definition) is 4. The number of aliphatic hydroxyl groups excluding tert-OH is 1. The number of aliphatic hydroxyl groups is 1. The lowest BCUT2D eigenvalue weighted by Crippen LogP contribution is -2.13. The second-order valence-electron chi connectivity index (χ2n) is 4.51. The van der Waals surface area contributed by atoms with Crippen molar-refractivity contribution in [2.24, 2.45) is 0 Å². The minimum atomic E-state index is -2.85. The van der Waals surface area contributed by atoms with E-state index in [9.17, 15) is 13.9 Å². The Morgan fingerprint density at radius 1 is 1.19 bits per heavy atom. The largest absolute Gasteiger partial charge is 0.435 e. The maximum absolute atomic E-state index is 12.0. The Morgan fingerprint density at radius 3 is 2.52 bits per heavy atom. The Bertz CT molecular complexity index is 576. The summed E-state index contributed by atoms with van der Waals surface area (Å²) in [6, 6.07) is 11.4. The van der Waals surface area contributed by atoms with E-state index in [-0.39, 0.29) is 12.3 Å². The van der Waals surface area contributed by atoms with Gasteiger partial charge in [-0.25, -0.2) is 4.98 Å². The molecule has 4 nitrogen and oxygen atoms in total.